The molecule has 2 aromatic rings. The molecule has 2 rings (SSSR count). The Morgan fingerprint density at radius 1 is 1.32 bits per heavy atom. The molecule has 1 atom stereocenters. The maximum absolute atomic E-state index is 13.4. The van der Waals surface area contributed by atoms with Crippen LogP contribution in [0.15, 0.2) is 35.1 Å². The number of aromatic amines is 1. The lowest BCUT2D eigenvalue weighted by atomic mass is 9.94. The van der Waals surface area contributed by atoms with E-state index in [1.54, 1.807) is 6.92 Å². The number of halogens is 1. The Morgan fingerprint density at radius 2 is 2.03 bits per heavy atom. The smallest absolute Gasteiger partial charge is 0.272 e. The fourth-order valence-corrected chi connectivity index (χ4v) is 4.10. The summed E-state index contributed by atoms with van der Waals surface area (Å²) in [7, 11) is -4.13. The maximum atomic E-state index is 13.4. The highest BCUT2D eigenvalue weighted by molar-refractivity contribution is 7.91. The normalized spacial score (nSPS) is 12.2. The predicted octanol–water partition coefficient (Wildman–Crippen LogP) is 0.138. The minimum absolute atomic E-state index is 0.0306. The number of hydroxylamine groups is 1. The van der Waals surface area contributed by atoms with Gasteiger partial charge in [0.2, 0.25) is 21.9 Å². The Labute approximate surface area is 177 Å². The van der Waals surface area contributed by atoms with E-state index in [1.807, 2.05) is 0 Å². The second-order valence-corrected chi connectivity index (χ2v) is 8.43. The molecule has 0 radical (unpaired) electrons. The Morgan fingerprint density at radius 3 is 2.65 bits per heavy atom. The third-order valence-corrected chi connectivity index (χ3v) is 5.34. The van der Waals surface area contributed by atoms with E-state index >= 15 is 0 Å². The molecule has 0 bridgehead atoms. The van der Waals surface area contributed by atoms with Crippen LogP contribution < -0.4 is 27.2 Å². The Balaban J connectivity index is 2.35. The van der Waals surface area contributed by atoms with Crippen molar-refractivity contribution in [1.29, 1.82) is 5.41 Å². The number of guanidine groups is 1. The van der Waals surface area contributed by atoms with Crippen LogP contribution in [0.5, 0.6) is 0 Å². The Hall–Kier alpha value is -3.45. The van der Waals surface area contributed by atoms with Gasteiger partial charge in [0.1, 0.15) is 11.5 Å². The molecule has 0 aliphatic rings. The van der Waals surface area contributed by atoms with E-state index in [-0.39, 0.29) is 29.8 Å². The number of pyridine rings is 1. The van der Waals surface area contributed by atoms with E-state index in [1.165, 1.54) is 24.3 Å². The number of amides is 1. The van der Waals surface area contributed by atoms with Gasteiger partial charge < -0.3 is 16.5 Å². The van der Waals surface area contributed by atoms with Crippen molar-refractivity contribution in [2.24, 2.45) is 11.5 Å². The molecule has 1 aromatic carbocycles. The summed E-state index contributed by atoms with van der Waals surface area (Å²) < 4.78 is 40.8. The van der Waals surface area contributed by atoms with Crippen molar-refractivity contribution in [2.45, 2.75) is 25.0 Å². The van der Waals surface area contributed by atoms with Gasteiger partial charge >= 0.3 is 0 Å². The average molecular weight is 454 g/mol. The zero-order valence-corrected chi connectivity index (χ0v) is 17.4. The zero-order valence-electron chi connectivity index (χ0n) is 16.6. The summed E-state index contributed by atoms with van der Waals surface area (Å²) in [6.45, 7) is 1.44. The van der Waals surface area contributed by atoms with Crippen LogP contribution in [0.2, 0.25) is 0 Å². The fourth-order valence-electron chi connectivity index (χ4n) is 2.89. The largest absolute Gasteiger partial charge is 0.369 e. The van der Waals surface area contributed by atoms with Gasteiger partial charge in [-0.2, -0.15) is 0 Å². The topological polar surface area (TPSA) is 193 Å². The molecule has 0 saturated carbocycles. The first-order valence-electron chi connectivity index (χ1n) is 8.98. The number of hydrogen-bond donors (Lipinski definition) is 6. The zero-order chi connectivity index (χ0) is 23.2. The van der Waals surface area contributed by atoms with Gasteiger partial charge in [-0.15, -0.1) is 0 Å². The van der Waals surface area contributed by atoms with Crippen molar-refractivity contribution in [1.82, 2.24) is 10.5 Å². The van der Waals surface area contributed by atoms with Crippen molar-refractivity contribution in [2.75, 3.05) is 11.3 Å². The van der Waals surface area contributed by atoms with Crippen molar-refractivity contribution >= 4 is 27.6 Å². The molecule has 1 unspecified atom stereocenters. The highest BCUT2D eigenvalue weighted by Crippen LogP contribution is 2.26. The second kappa shape index (κ2) is 10.0. The summed E-state index contributed by atoms with van der Waals surface area (Å²) in [4.78, 5) is 31.9. The second-order valence-electron chi connectivity index (χ2n) is 6.71. The molecular weight excluding hydrogens is 431 g/mol. The molecule has 0 aliphatic heterocycles. The summed E-state index contributed by atoms with van der Waals surface area (Å²) in [6.07, 6.45) is -0.0306. The Kier molecular flexibility index (Phi) is 7.72. The molecule has 31 heavy (non-hydrogen) atoms. The number of benzene rings is 1. The SMILES string of the molecule is Cc1cc(C(CCONC(=N)N)C(N)=O)c(NS(=O)(=O)Cc2cccc(F)c2)c(=O)[nH]1. The number of carbonyl (C=O) groups is 1. The molecular formula is C18H23FN6O5S. The number of carbonyl (C=O) groups excluding carboxylic acids is 1. The van der Waals surface area contributed by atoms with Gasteiger partial charge in [0.25, 0.3) is 5.56 Å². The van der Waals surface area contributed by atoms with Crippen LogP contribution in [0.4, 0.5) is 10.1 Å². The van der Waals surface area contributed by atoms with Crippen LogP contribution in [-0.4, -0.2) is 31.9 Å². The van der Waals surface area contributed by atoms with Crippen LogP contribution in [0, 0.1) is 18.2 Å². The minimum Gasteiger partial charge on any atom is -0.369 e. The van der Waals surface area contributed by atoms with Crippen LogP contribution in [0.3, 0.4) is 0 Å². The number of nitrogens with two attached hydrogens (primary N) is 2. The number of rotatable bonds is 10. The maximum Gasteiger partial charge on any atom is 0.272 e. The summed E-state index contributed by atoms with van der Waals surface area (Å²) in [5, 5.41) is 7.03. The predicted molar refractivity (Wildman–Crippen MR) is 112 cm³/mol. The molecule has 8 N–H and O–H groups in total. The molecule has 0 fully saturated rings. The lowest BCUT2D eigenvalue weighted by Gasteiger charge is -2.19. The fraction of sp³-hybridized carbons (Fsp3) is 0.278. The molecule has 0 saturated heterocycles. The van der Waals surface area contributed by atoms with Crippen molar-refractivity contribution < 1.29 is 22.4 Å². The molecule has 1 aromatic heterocycles. The summed E-state index contributed by atoms with van der Waals surface area (Å²) >= 11 is 0. The number of H-pyrrole nitrogens is 1. The number of aryl methyl sites for hydroxylation is 1. The number of sulfonamides is 1. The van der Waals surface area contributed by atoms with Gasteiger partial charge in [-0.05, 0) is 42.7 Å². The quantitative estimate of drug-likeness (QED) is 0.127. The minimum atomic E-state index is -4.13. The van der Waals surface area contributed by atoms with E-state index < -0.39 is 44.9 Å². The van der Waals surface area contributed by atoms with E-state index in [2.05, 4.69) is 15.2 Å². The van der Waals surface area contributed by atoms with Crippen LogP contribution in [0.1, 0.15) is 29.2 Å². The molecule has 0 spiro atoms. The standard InChI is InChI=1S/C18H23FN6O5S/c1-10-7-14(13(16(20)26)5-6-30-24-18(21)22)15(17(27)23-10)25-31(28,29)9-11-3-2-4-12(19)8-11/h2-4,7-8,13,25H,5-6,9H2,1H3,(H2,20,26)(H,23,27)(H4,21,22,24). The van der Waals surface area contributed by atoms with Crippen molar-refractivity contribution in [3.63, 3.8) is 0 Å². The van der Waals surface area contributed by atoms with Gasteiger partial charge in [0.05, 0.1) is 18.3 Å². The first-order valence-corrected chi connectivity index (χ1v) is 10.6. The number of anilines is 1. The van der Waals surface area contributed by atoms with Crippen molar-refractivity contribution in [3.05, 3.63) is 63.3 Å². The van der Waals surface area contributed by atoms with E-state index in [4.69, 9.17) is 21.7 Å². The number of hydrogen-bond acceptors (Lipinski definition) is 6. The van der Waals surface area contributed by atoms with E-state index in [9.17, 15) is 22.4 Å². The molecule has 13 heteroatoms. The van der Waals surface area contributed by atoms with Crippen molar-refractivity contribution in [3.8, 4) is 0 Å². The average Bonchev–Trinajstić information content (AvgIpc) is 2.63. The third kappa shape index (κ3) is 7.08. The first-order chi connectivity index (χ1) is 14.5. The number of nitrogens with one attached hydrogen (secondary N) is 4. The summed E-state index contributed by atoms with van der Waals surface area (Å²) in [5.74, 6) is -3.55. The third-order valence-electron chi connectivity index (χ3n) is 4.11. The lowest BCUT2D eigenvalue weighted by molar-refractivity contribution is -0.120. The molecule has 168 valence electrons. The summed E-state index contributed by atoms with van der Waals surface area (Å²) in [5.41, 5.74) is 12.1. The van der Waals surface area contributed by atoms with E-state index in [0.717, 1.165) is 6.07 Å². The molecule has 1 amide bonds. The van der Waals surface area contributed by atoms with Gasteiger partial charge in [-0.25, -0.2) is 18.3 Å². The monoisotopic (exact) mass is 454 g/mol. The highest BCUT2D eigenvalue weighted by Gasteiger charge is 2.26. The first kappa shape index (κ1) is 23.8. The van der Waals surface area contributed by atoms with Gasteiger partial charge in [-0.1, -0.05) is 12.1 Å². The van der Waals surface area contributed by atoms with Gasteiger partial charge in [0, 0.05) is 5.69 Å². The summed E-state index contributed by atoms with van der Waals surface area (Å²) in [6, 6.07) is 6.45. The molecule has 1 heterocycles. The van der Waals surface area contributed by atoms with Crippen LogP contribution >= 0.6 is 0 Å². The molecule has 11 nitrogen and oxygen atoms in total. The number of primary amides is 1. The van der Waals surface area contributed by atoms with Gasteiger partial charge in [0.15, 0.2) is 0 Å². The van der Waals surface area contributed by atoms with E-state index in [0.29, 0.717) is 5.69 Å². The number of aromatic nitrogens is 1. The van der Waals surface area contributed by atoms with Gasteiger partial charge in [-0.3, -0.25) is 24.6 Å². The Bertz CT molecular complexity index is 1130. The van der Waals surface area contributed by atoms with Crippen LogP contribution in [0.25, 0.3) is 0 Å². The van der Waals surface area contributed by atoms with Crippen LogP contribution in [-0.2, 0) is 25.4 Å². The highest BCUT2D eigenvalue weighted by atomic mass is 32.2. The lowest BCUT2D eigenvalue weighted by Crippen LogP contribution is -2.32. The molecule has 0 aliphatic carbocycles.